The highest BCUT2D eigenvalue weighted by molar-refractivity contribution is 6.34. The van der Waals surface area contributed by atoms with Crippen molar-refractivity contribution in [3.63, 3.8) is 0 Å². The van der Waals surface area contributed by atoms with Gasteiger partial charge >= 0.3 is 17.1 Å². The first kappa shape index (κ1) is 92.2. The van der Waals surface area contributed by atoms with E-state index in [0.717, 1.165) is 77.3 Å². The summed E-state index contributed by atoms with van der Waals surface area (Å²) >= 11 is 13.9. The third-order valence-corrected chi connectivity index (χ3v) is 24.4. The molecule has 27 nitrogen and oxygen atoms in total. The molecule has 13 heterocycles. The van der Waals surface area contributed by atoms with Gasteiger partial charge in [-0.1, -0.05) is 111 Å². The Labute approximate surface area is 745 Å². The fraction of sp³-hybridized carbons (Fsp3) is 0.400. The second-order valence-electron chi connectivity index (χ2n) is 34.2. The molecular formula is C95H107Cl2F3N20O7. The Morgan fingerprint density at radius 2 is 0.866 bits per heavy atom. The van der Waals surface area contributed by atoms with E-state index in [1.54, 1.807) is 58.3 Å². The summed E-state index contributed by atoms with van der Waals surface area (Å²) in [6, 6.07) is 13.9. The topological polar surface area (TPSA) is 288 Å². The molecule has 0 radical (unpaired) electrons. The number of methoxy groups -OCH3 is 1. The van der Waals surface area contributed by atoms with Gasteiger partial charge < -0.3 is 34.1 Å². The monoisotopic (exact) mass is 1770 g/mol. The number of benzene rings is 1. The third kappa shape index (κ3) is 18.2. The van der Waals surface area contributed by atoms with Gasteiger partial charge in [0.25, 0.3) is 0 Å². The molecule has 0 N–H and O–H groups in total. The standard InChI is InChI=1S/C32H39ClN6O2.C32H34F3N7O2.C31H34ClN7O3/c1-7-26(40)37-17-22(6)38(18-21(37)5)30-24-16-25(33)28(23-12-10-8-9-11-13-23)35-31(24)39(32(41)36-30)29-20(4)14-15-34-27(29)19(2)3;1-8-25(43)40-13-19(7)41(14-18(40)6)30-22-12-24(35)28(21-10-9-20(33)11-23(21)34)38-31(22)42(32(44)39-30)29-26(16(2)3)36-15-37-27(29)17(4)5;1-8-24(40)37-15-20(6)38(16-19(37)5)29-21-14-22(32)26(27-23(42-7)10-9-12-33-27)35-30(21)39(31(41)36-29)28-18(4)11-13-34-25(28)17(2)3/h7,12,14-16,19,21-22H,1,8-11,13,17-18H2,2-6H3;8-12,15-19H,1,13-14H2,2-7H3;8-14,17,19-20H,1,15-16H2,2-7H3. The van der Waals surface area contributed by atoms with Crippen LogP contribution >= 0.6 is 23.2 Å². The van der Waals surface area contributed by atoms with E-state index in [0.29, 0.717) is 129 Å². The number of piperazine rings is 3. The quantitative estimate of drug-likeness (QED) is 0.0765. The number of nitrogens with zero attached hydrogens (tertiary/aromatic N) is 20. The minimum absolute atomic E-state index is 0.0168. The molecule has 127 heavy (non-hydrogen) atoms. The molecular weight excluding hydrogens is 1660 g/mol. The molecule has 11 aromatic rings. The van der Waals surface area contributed by atoms with E-state index in [1.807, 2.05) is 130 Å². The molecule has 15 rings (SSSR count). The van der Waals surface area contributed by atoms with Gasteiger partial charge in [0.2, 0.25) is 17.7 Å². The average Bonchev–Trinajstić information content (AvgIpc) is 0.798. The lowest BCUT2D eigenvalue weighted by Gasteiger charge is -2.44. The number of carbonyl (C=O) groups excluding carboxylic acids is 3. The van der Waals surface area contributed by atoms with Crippen LogP contribution < -0.4 is 36.5 Å². The first-order valence-electron chi connectivity index (χ1n) is 42.9. The highest BCUT2D eigenvalue weighted by atomic mass is 35.5. The summed E-state index contributed by atoms with van der Waals surface area (Å²) in [6.07, 6.45) is 18.1. The molecule has 6 unspecified atom stereocenters. The largest absolute Gasteiger partial charge is 0.494 e. The molecule has 0 bridgehead atoms. The number of allylic oxidation sites excluding steroid dienone is 2. The summed E-state index contributed by atoms with van der Waals surface area (Å²) in [4.78, 5) is 142. The normalized spacial score (nSPS) is 18.0. The number of hydrogen-bond donors (Lipinski definition) is 0. The first-order valence-corrected chi connectivity index (χ1v) is 43.7. The SMILES string of the molecule is C=CC(=O)N1CC(C)N(c2nc(=O)n(-c3c(C(C)C)ncnc3C(C)C)c3nc(-c4ccc(F)cc4F)c(F)cc23)CC1C.C=CC(=O)N1CC(C)N(c2nc(=O)n(-c3c(C)ccnc3C(C)C)c3nc(-c4ncccc4OC)c(Cl)cc23)CC1C.C=CC(=O)N1CC(C)N(c2nc(=O)n(-c3c(C)ccnc3C(C)C)c3nc(C4=CCCCCC4)c(Cl)cc23)CC1C. The number of pyridine rings is 6. The Morgan fingerprint density at radius 3 is 1.29 bits per heavy atom. The molecule has 664 valence electrons. The first-order chi connectivity index (χ1) is 60.5. The predicted octanol–water partition coefficient (Wildman–Crippen LogP) is 16.7. The van der Waals surface area contributed by atoms with E-state index in [-0.39, 0.29) is 100 Å². The molecule has 3 amide bonds. The van der Waals surface area contributed by atoms with E-state index in [1.165, 1.54) is 46.2 Å². The maximum absolute atomic E-state index is 15.9. The van der Waals surface area contributed by atoms with Crippen molar-refractivity contribution in [2.24, 2.45) is 0 Å². The molecule has 1 aromatic carbocycles. The zero-order valence-electron chi connectivity index (χ0n) is 74.8. The Morgan fingerprint density at radius 1 is 0.457 bits per heavy atom. The van der Waals surface area contributed by atoms with Crippen molar-refractivity contribution >= 4 is 97.1 Å². The zero-order chi connectivity index (χ0) is 91.7. The molecule has 32 heteroatoms. The Kier molecular flexibility index (Phi) is 27.9. The van der Waals surface area contributed by atoms with Gasteiger partial charge in [-0.3, -0.25) is 29.3 Å². The van der Waals surface area contributed by atoms with Crippen molar-refractivity contribution in [3.05, 3.63) is 228 Å². The predicted molar refractivity (Wildman–Crippen MR) is 493 cm³/mol. The summed E-state index contributed by atoms with van der Waals surface area (Å²) < 4.78 is 54.6. The van der Waals surface area contributed by atoms with Crippen LogP contribution in [0.25, 0.3) is 78.4 Å². The highest BCUT2D eigenvalue weighted by Crippen LogP contribution is 2.43. The van der Waals surface area contributed by atoms with Gasteiger partial charge in [0.15, 0.2) is 16.9 Å². The molecule has 10 aromatic heterocycles. The van der Waals surface area contributed by atoms with Crippen LogP contribution in [0.1, 0.15) is 192 Å². The molecule has 3 aliphatic heterocycles. The minimum Gasteiger partial charge on any atom is -0.494 e. The Hall–Kier alpha value is -12.4. The highest BCUT2D eigenvalue weighted by Gasteiger charge is 2.39. The fourth-order valence-corrected chi connectivity index (χ4v) is 17.9. The van der Waals surface area contributed by atoms with Crippen LogP contribution in [0.5, 0.6) is 5.75 Å². The molecule has 6 atom stereocenters. The molecule has 1 aliphatic carbocycles. The van der Waals surface area contributed by atoms with Crippen molar-refractivity contribution < 1.29 is 32.3 Å². The lowest BCUT2D eigenvalue weighted by Crippen LogP contribution is -2.58. The van der Waals surface area contributed by atoms with Crippen molar-refractivity contribution in [1.29, 1.82) is 0 Å². The fourth-order valence-electron chi connectivity index (χ4n) is 17.4. The third-order valence-electron chi connectivity index (χ3n) is 23.8. The van der Waals surface area contributed by atoms with Gasteiger partial charge in [-0.2, -0.15) is 15.0 Å². The van der Waals surface area contributed by atoms with Crippen molar-refractivity contribution in [3.8, 4) is 45.5 Å². The number of amides is 3. The number of rotatable bonds is 17. The number of carbonyl (C=O) groups is 3. The second kappa shape index (κ2) is 38.4. The van der Waals surface area contributed by atoms with Crippen molar-refractivity contribution in [2.45, 2.75) is 203 Å². The van der Waals surface area contributed by atoms with Crippen LogP contribution in [0.4, 0.5) is 30.6 Å². The van der Waals surface area contributed by atoms with Gasteiger partial charge in [0, 0.05) is 106 Å². The molecule has 3 saturated heterocycles. The summed E-state index contributed by atoms with van der Waals surface area (Å²) in [5.41, 5.74) is 7.51. The molecule has 0 spiro atoms. The minimum atomic E-state index is -1.00. The maximum Gasteiger partial charge on any atom is 0.355 e. The summed E-state index contributed by atoms with van der Waals surface area (Å²) in [5.74, 6) is -1.65. The second-order valence-corrected chi connectivity index (χ2v) is 35.0. The van der Waals surface area contributed by atoms with Crippen LogP contribution in [0, 0.1) is 31.3 Å². The number of anilines is 3. The van der Waals surface area contributed by atoms with Crippen LogP contribution in [0.3, 0.4) is 0 Å². The summed E-state index contributed by atoms with van der Waals surface area (Å²) in [7, 11) is 1.56. The van der Waals surface area contributed by atoms with Crippen LogP contribution in [0.15, 0.2) is 144 Å². The molecule has 3 fully saturated rings. The number of ether oxygens (including phenoxy) is 1. The lowest BCUT2D eigenvalue weighted by atomic mass is 10.0. The number of hydrogen-bond acceptors (Lipinski definition) is 21. The summed E-state index contributed by atoms with van der Waals surface area (Å²) in [5, 5.41) is 2.38. The number of halogens is 5. The van der Waals surface area contributed by atoms with Crippen LogP contribution in [-0.4, -0.2) is 184 Å². The van der Waals surface area contributed by atoms with E-state index < -0.39 is 40.2 Å². The smallest absolute Gasteiger partial charge is 0.355 e. The van der Waals surface area contributed by atoms with Gasteiger partial charge in [-0.15, -0.1) is 0 Å². The van der Waals surface area contributed by atoms with E-state index in [2.05, 4.69) is 89.4 Å². The molecule has 0 saturated carbocycles. The average molecular weight is 1770 g/mol. The van der Waals surface area contributed by atoms with E-state index >= 15 is 4.39 Å². The number of aromatic nitrogens is 14. The number of fused-ring (bicyclic) bond motifs is 3. The Balaban J connectivity index is 0.000000163. The molecule has 4 aliphatic rings. The number of aryl methyl sites for hydroxylation is 2. The van der Waals surface area contributed by atoms with E-state index in [9.17, 15) is 37.5 Å². The van der Waals surface area contributed by atoms with Gasteiger partial charge in [-0.25, -0.2) is 66.2 Å². The maximum atomic E-state index is 15.9. The van der Waals surface area contributed by atoms with Crippen molar-refractivity contribution in [2.75, 3.05) is 61.1 Å². The van der Waals surface area contributed by atoms with Crippen LogP contribution in [0.2, 0.25) is 10.0 Å². The van der Waals surface area contributed by atoms with Crippen molar-refractivity contribution in [1.82, 2.24) is 83.2 Å². The zero-order valence-corrected chi connectivity index (χ0v) is 76.3. The Bertz CT molecular complexity index is 6370. The van der Waals surface area contributed by atoms with Gasteiger partial charge in [-0.05, 0) is 194 Å². The summed E-state index contributed by atoms with van der Waals surface area (Å²) in [6.45, 7) is 45.0. The van der Waals surface area contributed by atoms with Crippen LogP contribution in [-0.2, 0) is 14.4 Å². The van der Waals surface area contributed by atoms with Gasteiger partial charge in [0.05, 0.1) is 78.8 Å². The van der Waals surface area contributed by atoms with E-state index in [4.69, 9.17) is 37.9 Å². The lowest BCUT2D eigenvalue weighted by molar-refractivity contribution is -0.129. The van der Waals surface area contributed by atoms with Gasteiger partial charge in [0.1, 0.15) is 64.1 Å².